The quantitative estimate of drug-likeness (QED) is 0.740. The third kappa shape index (κ3) is 2.10. The molecule has 4 rings (SSSR count). The van der Waals surface area contributed by atoms with Crippen LogP contribution in [0.3, 0.4) is 0 Å². The third-order valence-electron chi connectivity index (χ3n) is 9.11. The van der Waals surface area contributed by atoms with Gasteiger partial charge in [-0.1, -0.05) is 25.5 Å². The molecule has 0 aromatic rings. The Morgan fingerprint density at radius 2 is 1.92 bits per heavy atom. The van der Waals surface area contributed by atoms with Gasteiger partial charge < -0.3 is 14.9 Å². The van der Waals surface area contributed by atoms with Crippen molar-refractivity contribution in [1.82, 2.24) is 0 Å². The molecule has 146 valence electrons. The molecule has 4 aliphatic rings. The summed E-state index contributed by atoms with van der Waals surface area (Å²) >= 11 is 0. The van der Waals surface area contributed by atoms with E-state index in [1.54, 1.807) is 14.0 Å². The van der Waals surface area contributed by atoms with Crippen LogP contribution in [0.5, 0.6) is 0 Å². The summed E-state index contributed by atoms with van der Waals surface area (Å²) in [5.41, 5.74) is 0.257. The summed E-state index contributed by atoms with van der Waals surface area (Å²) in [4.78, 5) is 12.6. The maximum absolute atomic E-state index is 12.6. The Morgan fingerprint density at radius 3 is 2.58 bits per heavy atom. The van der Waals surface area contributed by atoms with Gasteiger partial charge in [0.2, 0.25) is 0 Å². The molecule has 0 spiro atoms. The summed E-state index contributed by atoms with van der Waals surface area (Å²) in [5.74, 6) is 1.35. The van der Waals surface area contributed by atoms with Crippen LogP contribution in [-0.2, 0) is 9.53 Å². The lowest BCUT2D eigenvalue weighted by Crippen LogP contribution is -2.60. The van der Waals surface area contributed by atoms with Crippen LogP contribution in [0.1, 0.15) is 65.7 Å². The van der Waals surface area contributed by atoms with Gasteiger partial charge in [0.05, 0.1) is 12.2 Å². The van der Waals surface area contributed by atoms with E-state index in [1.807, 2.05) is 0 Å². The van der Waals surface area contributed by atoms with E-state index < -0.39 is 11.7 Å². The molecule has 0 radical (unpaired) electrons. The van der Waals surface area contributed by atoms with Crippen molar-refractivity contribution in [3.05, 3.63) is 11.6 Å². The largest absolute Gasteiger partial charge is 0.393 e. The highest BCUT2D eigenvalue weighted by Crippen LogP contribution is 2.67. The number of allylic oxidation sites excluding steroid dienone is 1. The molecule has 8 atom stereocenters. The Balaban J connectivity index is 1.73. The van der Waals surface area contributed by atoms with Gasteiger partial charge >= 0.3 is 0 Å². The van der Waals surface area contributed by atoms with Crippen LogP contribution in [0.4, 0.5) is 0 Å². The van der Waals surface area contributed by atoms with Crippen molar-refractivity contribution in [3.8, 4) is 0 Å². The second-order valence-electron chi connectivity index (χ2n) is 9.86. The molecule has 8 unspecified atom stereocenters. The van der Waals surface area contributed by atoms with E-state index in [0.717, 1.165) is 38.5 Å². The van der Waals surface area contributed by atoms with Gasteiger partial charge in [-0.05, 0) is 75.0 Å². The SMILES string of the molecule is COC1(C(C)=O)C(O)CC2C3CC=C4CC(O)CCC4(C)C3CCC21C. The summed E-state index contributed by atoms with van der Waals surface area (Å²) < 4.78 is 5.82. The Labute approximate surface area is 157 Å². The number of fused-ring (bicyclic) bond motifs is 5. The lowest BCUT2D eigenvalue weighted by atomic mass is 9.46. The first-order valence-electron chi connectivity index (χ1n) is 10.3. The molecular formula is C22H34O4. The molecule has 0 heterocycles. The number of carbonyl (C=O) groups excluding carboxylic acids is 1. The van der Waals surface area contributed by atoms with Gasteiger partial charge in [0.25, 0.3) is 0 Å². The number of carbonyl (C=O) groups is 1. The predicted molar refractivity (Wildman–Crippen MR) is 99.5 cm³/mol. The zero-order valence-corrected chi connectivity index (χ0v) is 16.6. The first kappa shape index (κ1) is 18.6. The summed E-state index contributed by atoms with van der Waals surface area (Å²) in [6.07, 6.45) is 7.90. The number of ether oxygens (including phenoxy) is 1. The van der Waals surface area contributed by atoms with E-state index in [9.17, 15) is 15.0 Å². The fourth-order valence-corrected chi connectivity index (χ4v) is 7.79. The van der Waals surface area contributed by atoms with Crippen LogP contribution in [0.2, 0.25) is 0 Å². The number of methoxy groups -OCH3 is 1. The van der Waals surface area contributed by atoms with Gasteiger partial charge in [-0.25, -0.2) is 0 Å². The average Bonchev–Trinajstić information content (AvgIpc) is 2.82. The molecule has 4 nitrogen and oxygen atoms in total. The Morgan fingerprint density at radius 1 is 1.19 bits per heavy atom. The number of Topliss-reactive ketones (excluding diaryl/α,β-unsaturated/α-hetero) is 1. The summed E-state index contributed by atoms with van der Waals surface area (Å²) in [5, 5.41) is 21.1. The predicted octanol–water partition coefficient (Wildman–Crippen LogP) is 3.26. The number of hydrogen-bond donors (Lipinski definition) is 2. The minimum absolute atomic E-state index is 0.0324. The van der Waals surface area contributed by atoms with Crippen molar-refractivity contribution >= 4 is 5.78 Å². The lowest BCUT2D eigenvalue weighted by Gasteiger charge is -2.59. The number of aliphatic hydroxyl groups is 2. The van der Waals surface area contributed by atoms with Crippen molar-refractivity contribution in [2.24, 2.45) is 28.6 Å². The molecule has 4 aliphatic carbocycles. The van der Waals surface area contributed by atoms with Gasteiger partial charge in [-0.15, -0.1) is 0 Å². The van der Waals surface area contributed by atoms with Crippen molar-refractivity contribution in [2.45, 2.75) is 83.5 Å². The fourth-order valence-electron chi connectivity index (χ4n) is 7.79. The number of ketones is 1. The first-order valence-corrected chi connectivity index (χ1v) is 10.3. The summed E-state index contributed by atoms with van der Waals surface area (Å²) in [6, 6.07) is 0. The molecule has 0 aromatic heterocycles. The van der Waals surface area contributed by atoms with Crippen LogP contribution in [-0.4, -0.2) is 40.9 Å². The maximum atomic E-state index is 12.6. The van der Waals surface area contributed by atoms with Gasteiger partial charge in [-0.2, -0.15) is 0 Å². The van der Waals surface area contributed by atoms with E-state index in [2.05, 4.69) is 19.9 Å². The van der Waals surface area contributed by atoms with Crippen molar-refractivity contribution in [2.75, 3.05) is 7.11 Å². The molecular weight excluding hydrogens is 328 g/mol. The second-order valence-corrected chi connectivity index (χ2v) is 9.86. The molecule has 0 aliphatic heterocycles. The van der Waals surface area contributed by atoms with E-state index in [1.165, 1.54) is 5.57 Å². The normalized spacial score (nSPS) is 53.3. The Kier molecular flexibility index (Phi) is 4.22. The Hall–Kier alpha value is -0.710. The molecule has 3 fully saturated rings. The zero-order chi connectivity index (χ0) is 18.9. The van der Waals surface area contributed by atoms with Crippen LogP contribution >= 0.6 is 0 Å². The molecule has 2 N–H and O–H groups in total. The van der Waals surface area contributed by atoms with Crippen molar-refractivity contribution < 1.29 is 19.7 Å². The van der Waals surface area contributed by atoms with Crippen LogP contribution < -0.4 is 0 Å². The number of rotatable bonds is 2. The Bertz CT molecular complexity index is 642. The van der Waals surface area contributed by atoms with Crippen LogP contribution in [0.15, 0.2) is 11.6 Å². The molecule has 0 bridgehead atoms. The smallest absolute Gasteiger partial charge is 0.164 e. The first-order chi connectivity index (χ1) is 12.2. The van der Waals surface area contributed by atoms with Crippen LogP contribution in [0.25, 0.3) is 0 Å². The molecule has 3 saturated carbocycles. The maximum Gasteiger partial charge on any atom is 0.164 e. The summed E-state index contributed by atoms with van der Waals surface area (Å²) in [7, 11) is 1.59. The average molecular weight is 363 g/mol. The van der Waals surface area contributed by atoms with E-state index in [0.29, 0.717) is 24.2 Å². The highest BCUT2D eigenvalue weighted by molar-refractivity contribution is 5.87. The molecule has 0 saturated heterocycles. The molecule has 4 heteroatoms. The van der Waals surface area contributed by atoms with Gasteiger partial charge in [0.1, 0.15) is 0 Å². The van der Waals surface area contributed by atoms with E-state index in [4.69, 9.17) is 4.74 Å². The topological polar surface area (TPSA) is 66.8 Å². The fraction of sp³-hybridized carbons (Fsp3) is 0.864. The molecule has 26 heavy (non-hydrogen) atoms. The lowest BCUT2D eigenvalue weighted by molar-refractivity contribution is -0.183. The highest BCUT2D eigenvalue weighted by atomic mass is 16.5. The zero-order valence-electron chi connectivity index (χ0n) is 16.6. The van der Waals surface area contributed by atoms with Crippen molar-refractivity contribution in [3.63, 3.8) is 0 Å². The van der Waals surface area contributed by atoms with Gasteiger partial charge in [-0.3, -0.25) is 4.79 Å². The monoisotopic (exact) mass is 362 g/mol. The molecule has 0 aromatic carbocycles. The standard InChI is InChI=1S/C22H34O4/c1-13(23)22(26-4)19(25)12-18-16-6-5-14-11-15(24)7-9-20(14,2)17(16)8-10-21(18,22)3/h5,15-19,24-25H,6-12H2,1-4H3. The second kappa shape index (κ2) is 5.89. The summed E-state index contributed by atoms with van der Waals surface area (Å²) in [6.45, 7) is 6.15. The van der Waals surface area contributed by atoms with Crippen LogP contribution in [0, 0.1) is 28.6 Å². The number of hydrogen-bond acceptors (Lipinski definition) is 4. The van der Waals surface area contributed by atoms with Crippen molar-refractivity contribution in [1.29, 1.82) is 0 Å². The van der Waals surface area contributed by atoms with Gasteiger partial charge in [0, 0.05) is 12.5 Å². The minimum Gasteiger partial charge on any atom is -0.393 e. The molecule has 0 amide bonds. The minimum atomic E-state index is -1.06. The van der Waals surface area contributed by atoms with E-state index in [-0.39, 0.29) is 22.7 Å². The third-order valence-corrected chi connectivity index (χ3v) is 9.11. The number of aliphatic hydroxyl groups excluding tert-OH is 2. The highest BCUT2D eigenvalue weighted by Gasteiger charge is 2.69. The van der Waals surface area contributed by atoms with E-state index >= 15 is 0 Å². The van der Waals surface area contributed by atoms with Gasteiger partial charge in [0.15, 0.2) is 11.4 Å².